The number of anilines is 1. The number of hydrogen-bond donors (Lipinski definition) is 1. The van der Waals surface area contributed by atoms with E-state index in [1.807, 2.05) is 4.90 Å². The molecule has 1 aromatic rings. The number of esters is 2. The molecule has 2 aliphatic rings. The Bertz CT molecular complexity index is 756. The molecule has 2 aliphatic carbocycles. The summed E-state index contributed by atoms with van der Waals surface area (Å²) in [4.78, 5) is 40.0. The number of carbonyl (C=O) groups excluding carboxylic acids is 3. The van der Waals surface area contributed by atoms with Crippen LogP contribution in [-0.4, -0.2) is 56.1 Å². The van der Waals surface area contributed by atoms with E-state index >= 15 is 0 Å². The van der Waals surface area contributed by atoms with Crippen molar-refractivity contribution in [2.45, 2.75) is 51.9 Å². The topological polar surface area (TPSA) is 84.9 Å². The fraction of sp³-hybridized carbons (Fsp3) is 0.667. The zero-order chi connectivity index (χ0) is 20.8. The molecule has 0 aliphatic heterocycles. The van der Waals surface area contributed by atoms with Crippen LogP contribution in [0.4, 0.5) is 5.00 Å². The van der Waals surface area contributed by atoms with Crippen molar-refractivity contribution >= 4 is 34.2 Å². The number of rotatable bonds is 10. The molecule has 3 rings (SSSR count). The van der Waals surface area contributed by atoms with Crippen molar-refractivity contribution in [2.75, 3.05) is 38.7 Å². The highest BCUT2D eigenvalue weighted by molar-refractivity contribution is 7.17. The molecule has 1 N–H and O–H groups in total. The average molecular weight is 423 g/mol. The number of fused-ring (bicyclic) bond motifs is 1. The van der Waals surface area contributed by atoms with Crippen molar-refractivity contribution in [3.8, 4) is 0 Å². The molecule has 8 heteroatoms. The second kappa shape index (κ2) is 10.2. The number of nitrogens with one attached hydrogen (secondary N) is 1. The molecule has 160 valence electrons. The lowest BCUT2D eigenvalue weighted by Gasteiger charge is -2.21. The van der Waals surface area contributed by atoms with Gasteiger partial charge in [0.1, 0.15) is 5.00 Å². The van der Waals surface area contributed by atoms with Gasteiger partial charge < -0.3 is 14.8 Å². The van der Waals surface area contributed by atoms with Gasteiger partial charge in [-0.05, 0) is 56.9 Å². The largest absolute Gasteiger partial charge is 0.466 e. The Labute approximate surface area is 175 Å². The molecular weight excluding hydrogens is 392 g/mol. The highest BCUT2D eigenvalue weighted by Crippen LogP contribution is 2.38. The minimum atomic E-state index is -0.392. The molecule has 0 aromatic carbocycles. The zero-order valence-electron chi connectivity index (χ0n) is 17.3. The highest BCUT2D eigenvalue weighted by atomic mass is 32.1. The zero-order valence-corrected chi connectivity index (χ0v) is 18.1. The highest BCUT2D eigenvalue weighted by Gasteiger charge is 2.29. The fourth-order valence-electron chi connectivity index (χ4n) is 3.72. The van der Waals surface area contributed by atoms with E-state index in [0.29, 0.717) is 29.6 Å². The third kappa shape index (κ3) is 6.02. The van der Waals surface area contributed by atoms with Gasteiger partial charge in [0.15, 0.2) is 0 Å². The lowest BCUT2D eigenvalue weighted by molar-refractivity contribution is -0.143. The lowest BCUT2D eigenvalue weighted by atomic mass is 9.95. The Hall–Kier alpha value is -1.93. The first-order valence-electron chi connectivity index (χ1n) is 10.4. The maximum absolute atomic E-state index is 12.8. The first-order valence-corrected chi connectivity index (χ1v) is 11.2. The lowest BCUT2D eigenvalue weighted by Crippen LogP contribution is -2.36. The summed E-state index contributed by atoms with van der Waals surface area (Å²) in [6.45, 7) is 3.64. The molecular formula is C21H30N2O5S. The van der Waals surface area contributed by atoms with E-state index in [1.54, 1.807) is 6.92 Å². The SMILES string of the molecule is CCOC(=O)CCN(CC(=O)Nc1sc2c(c1C(=O)OC)CCCC2)CC1CC1. The number of nitrogens with zero attached hydrogens (tertiary/aromatic N) is 1. The van der Waals surface area contributed by atoms with Gasteiger partial charge in [-0.2, -0.15) is 0 Å². The monoisotopic (exact) mass is 422 g/mol. The second-order valence-electron chi connectivity index (χ2n) is 7.69. The van der Waals surface area contributed by atoms with Crippen LogP contribution >= 0.6 is 11.3 Å². The molecule has 1 amide bonds. The Morgan fingerprint density at radius 3 is 2.66 bits per heavy atom. The van der Waals surface area contributed by atoms with Crippen LogP contribution in [0.3, 0.4) is 0 Å². The summed E-state index contributed by atoms with van der Waals surface area (Å²) in [5.74, 6) is -0.201. The number of amides is 1. The summed E-state index contributed by atoms with van der Waals surface area (Å²) >= 11 is 1.49. The third-order valence-electron chi connectivity index (χ3n) is 5.33. The Morgan fingerprint density at radius 1 is 1.21 bits per heavy atom. The van der Waals surface area contributed by atoms with Gasteiger partial charge in [0.25, 0.3) is 0 Å². The van der Waals surface area contributed by atoms with Gasteiger partial charge >= 0.3 is 11.9 Å². The van der Waals surface area contributed by atoms with Crippen molar-refractivity contribution in [1.82, 2.24) is 4.90 Å². The standard InChI is InChI=1S/C21H30N2O5S/c1-3-28-18(25)10-11-23(12-14-8-9-14)13-17(24)22-20-19(21(26)27-2)15-6-4-5-7-16(15)29-20/h14H,3-13H2,1-2H3,(H,22,24). The summed E-state index contributed by atoms with van der Waals surface area (Å²) < 4.78 is 9.97. The summed E-state index contributed by atoms with van der Waals surface area (Å²) in [6.07, 6.45) is 6.54. The maximum atomic E-state index is 12.8. The number of thiophene rings is 1. The van der Waals surface area contributed by atoms with Gasteiger partial charge in [-0.3, -0.25) is 14.5 Å². The van der Waals surface area contributed by atoms with E-state index < -0.39 is 5.97 Å². The van der Waals surface area contributed by atoms with Crippen molar-refractivity contribution in [2.24, 2.45) is 5.92 Å². The molecule has 0 atom stereocenters. The average Bonchev–Trinajstić information content (AvgIpc) is 3.44. The minimum absolute atomic E-state index is 0.168. The van der Waals surface area contributed by atoms with Crippen LogP contribution in [0.15, 0.2) is 0 Å². The number of carbonyl (C=O) groups is 3. The molecule has 0 radical (unpaired) electrons. The van der Waals surface area contributed by atoms with Crippen molar-refractivity contribution < 1.29 is 23.9 Å². The van der Waals surface area contributed by atoms with E-state index in [0.717, 1.165) is 37.8 Å². The van der Waals surface area contributed by atoms with Gasteiger partial charge in [-0.25, -0.2) is 4.79 Å². The van der Waals surface area contributed by atoms with Crippen molar-refractivity contribution in [3.63, 3.8) is 0 Å². The molecule has 0 unspecified atom stereocenters. The molecule has 0 spiro atoms. The second-order valence-corrected chi connectivity index (χ2v) is 8.79. The van der Waals surface area contributed by atoms with Gasteiger partial charge in [-0.15, -0.1) is 11.3 Å². The van der Waals surface area contributed by atoms with Crippen LogP contribution in [-0.2, 0) is 31.9 Å². The van der Waals surface area contributed by atoms with Gasteiger partial charge in [0.2, 0.25) is 5.91 Å². The van der Waals surface area contributed by atoms with Gasteiger partial charge in [0, 0.05) is 18.0 Å². The number of aryl methyl sites for hydroxylation is 1. The van der Waals surface area contributed by atoms with Crippen LogP contribution in [0.25, 0.3) is 0 Å². The predicted octanol–water partition coefficient (Wildman–Crippen LogP) is 3.02. The van der Waals surface area contributed by atoms with Crippen LogP contribution in [0.2, 0.25) is 0 Å². The smallest absolute Gasteiger partial charge is 0.341 e. The molecule has 1 fully saturated rings. The Balaban J connectivity index is 1.65. The maximum Gasteiger partial charge on any atom is 0.341 e. The fourth-order valence-corrected chi connectivity index (χ4v) is 5.02. The molecule has 0 saturated heterocycles. The summed E-state index contributed by atoms with van der Waals surface area (Å²) in [6, 6.07) is 0. The quantitative estimate of drug-likeness (QED) is 0.584. The molecule has 29 heavy (non-hydrogen) atoms. The van der Waals surface area contributed by atoms with Gasteiger partial charge in [-0.1, -0.05) is 0 Å². The first kappa shape index (κ1) is 21.8. The Kier molecular flexibility index (Phi) is 7.66. The molecule has 1 heterocycles. The van der Waals surface area contributed by atoms with Crippen molar-refractivity contribution in [3.05, 3.63) is 16.0 Å². The first-order chi connectivity index (χ1) is 14.0. The van der Waals surface area contributed by atoms with E-state index in [2.05, 4.69) is 5.32 Å². The number of ether oxygens (including phenoxy) is 2. The molecule has 1 saturated carbocycles. The van der Waals surface area contributed by atoms with Crippen molar-refractivity contribution in [1.29, 1.82) is 0 Å². The number of hydrogen-bond acceptors (Lipinski definition) is 7. The molecule has 0 bridgehead atoms. The molecule has 7 nitrogen and oxygen atoms in total. The Morgan fingerprint density at radius 2 is 1.97 bits per heavy atom. The van der Waals surface area contributed by atoms with E-state index in [4.69, 9.17) is 9.47 Å². The van der Waals surface area contributed by atoms with Crippen LogP contribution in [0.5, 0.6) is 0 Å². The van der Waals surface area contributed by atoms with Crippen LogP contribution in [0, 0.1) is 5.92 Å². The minimum Gasteiger partial charge on any atom is -0.466 e. The summed E-state index contributed by atoms with van der Waals surface area (Å²) in [5, 5.41) is 3.53. The molecule has 1 aromatic heterocycles. The predicted molar refractivity (Wildman–Crippen MR) is 111 cm³/mol. The van der Waals surface area contributed by atoms with E-state index in [1.165, 1.54) is 36.2 Å². The normalized spacial score (nSPS) is 15.7. The summed E-state index contributed by atoms with van der Waals surface area (Å²) in [5.41, 5.74) is 1.54. The van der Waals surface area contributed by atoms with Crippen LogP contribution < -0.4 is 5.32 Å². The van der Waals surface area contributed by atoms with E-state index in [-0.39, 0.29) is 24.8 Å². The summed E-state index contributed by atoms with van der Waals surface area (Å²) in [7, 11) is 1.37. The number of methoxy groups -OCH3 is 1. The van der Waals surface area contributed by atoms with E-state index in [9.17, 15) is 14.4 Å². The third-order valence-corrected chi connectivity index (χ3v) is 6.54. The van der Waals surface area contributed by atoms with Crippen LogP contribution in [0.1, 0.15) is 59.8 Å². The van der Waals surface area contributed by atoms with Gasteiger partial charge in [0.05, 0.1) is 32.2 Å².